The quantitative estimate of drug-likeness (QED) is 0.566. The van der Waals surface area contributed by atoms with Crippen molar-refractivity contribution in [3.8, 4) is 11.5 Å². The molecule has 1 atom stereocenters. The van der Waals surface area contributed by atoms with E-state index in [0.29, 0.717) is 22.7 Å². The van der Waals surface area contributed by atoms with Gasteiger partial charge in [-0.25, -0.2) is 4.39 Å². The molecule has 0 spiro atoms. The van der Waals surface area contributed by atoms with Gasteiger partial charge in [-0.3, -0.25) is 9.59 Å². The minimum Gasteiger partial charge on any atom is -0.493 e. The minimum absolute atomic E-state index is 0.161. The summed E-state index contributed by atoms with van der Waals surface area (Å²) in [6, 6.07) is 19.6. The second-order valence-electron chi connectivity index (χ2n) is 6.82. The van der Waals surface area contributed by atoms with Crippen LogP contribution >= 0.6 is 0 Å². The second kappa shape index (κ2) is 10.2. The van der Waals surface area contributed by atoms with Crippen molar-refractivity contribution in [3.05, 3.63) is 89.7 Å². The zero-order valence-electron chi connectivity index (χ0n) is 17.2. The van der Waals surface area contributed by atoms with Crippen molar-refractivity contribution in [1.29, 1.82) is 0 Å². The fourth-order valence-electron chi connectivity index (χ4n) is 2.91. The van der Waals surface area contributed by atoms with Crippen molar-refractivity contribution < 1.29 is 23.5 Å². The van der Waals surface area contributed by atoms with E-state index in [9.17, 15) is 14.0 Å². The number of methoxy groups -OCH3 is 1. The Hall–Kier alpha value is -3.87. The molecule has 0 fully saturated rings. The Kier molecular flexibility index (Phi) is 7.22. The molecule has 0 heterocycles. The summed E-state index contributed by atoms with van der Waals surface area (Å²) in [5.74, 6) is -0.400. The summed E-state index contributed by atoms with van der Waals surface area (Å²) in [6.07, 6.45) is 0. The summed E-state index contributed by atoms with van der Waals surface area (Å²) in [5.41, 5.74) is 1.86. The van der Waals surface area contributed by atoms with Gasteiger partial charge in [-0.1, -0.05) is 30.3 Å². The van der Waals surface area contributed by atoms with Crippen LogP contribution in [0.4, 0.5) is 10.1 Å². The number of carbonyl (C=O) groups is 2. The number of benzene rings is 3. The largest absolute Gasteiger partial charge is 0.493 e. The van der Waals surface area contributed by atoms with Crippen molar-refractivity contribution in [1.82, 2.24) is 5.32 Å². The molecule has 0 aliphatic rings. The maximum absolute atomic E-state index is 12.9. The second-order valence-corrected chi connectivity index (χ2v) is 6.82. The zero-order valence-corrected chi connectivity index (χ0v) is 17.2. The van der Waals surface area contributed by atoms with E-state index < -0.39 is 5.91 Å². The van der Waals surface area contributed by atoms with E-state index in [2.05, 4.69) is 10.6 Å². The number of rotatable bonds is 8. The molecule has 31 heavy (non-hydrogen) atoms. The molecular weight excluding hydrogens is 399 g/mol. The molecule has 0 bridgehead atoms. The molecule has 0 radical (unpaired) electrons. The Bertz CT molecular complexity index is 1040. The van der Waals surface area contributed by atoms with Gasteiger partial charge in [0.15, 0.2) is 18.1 Å². The lowest BCUT2D eigenvalue weighted by molar-refractivity contribution is -0.118. The van der Waals surface area contributed by atoms with E-state index in [1.807, 2.05) is 37.3 Å². The number of hydrogen-bond donors (Lipinski definition) is 2. The summed E-state index contributed by atoms with van der Waals surface area (Å²) in [5, 5.41) is 5.55. The van der Waals surface area contributed by atoms with Crippen LogP contribution in [0.15, 0.2) is 72.8 Å². The standard InChI is InChI=1S/C24H23FN2O4/c1-16(17-6-4-3-5-7-17)26-24(29)18-8-13-21(22(14-18)30-2)31-15-23(28)27-20-11-9-19(25)10-12-20/h3-14,16H,15H2,1-2H3,(H,26,29)(H,27,28)/t16-/m1/s1. The van der Waals surface area contributed by atoms with E-state index in [0.717, 1.165) is 5.56 Å². The molecule has 3 aromatic rings. The van der Waals surface area contributed by atoms with Gasteiger partial charge in [0.25, 0.3) is 11.8 Å². The lowest BCUT2D eigenvalue weighted by Gasteiger charge is -2.16. The van der Waals surface area contributed by atoms with Gasteiger partial charge in [0.1, 0.15) is 5.82 Å². The lowest BCUT2D eigenvalue weighted by Crippen LogP contribution is -2.26. The molecule has 6 nitrogen and oxygen atoms in total. The fourth-order valence-corrected chi connectivity index (χ4v) is 2.91. The average Bonchev–Trinajstić information content (AvgIpc) is 2.79. The van der Waals surface area contributed by atoms with Gasteiger partial charge < -0.3 is 20.1 Å². The smallest absolute Gasteiger partial charge is 0.262 e. The SMILES string of the molecule is COc1cc(C(=O)N[C@H](C)c2ccccc2)ccc1OCC(=O)Nc1ccc(F)cc1. The van der Waals surface area contributed by atoms with Gasteiger partial charge in [-0.2, -0.15) is 0 Å². The Morgan fingerprint density at radius 1 is 0.968 bits per heavy atom. The first-order chi connectivity index (χ1) is 15.0. The lowest BCUT2D eigenvalue weighted by atomic mass is 10.1. The molecule has 0 aliphatic carbocycles. The van der Waals surface area contributed by atoms with Crippen LogP contribution in [0.25, 0.3) is 0 Å². The highest BCUT2D eigenvalue weighted by atomic mass is 19.1. The van der Waals surface area contributed by atoms with Gasteiger partial charge in [0.05, 0.1) is 13.2 Å². The summed E-state index contributed by atoms with van der Waals surface area (Å²) in [4.78, 5) is 24.7. The highest BCUT2D eigenvalue weighted by Gasteiger charge is 2.15. The van der Waals surface area contributed by atoms with Crippen LogP contribution < -0.4 is 20.1 Å². The molecule has 0 saturated heterocycles. The molecule has 0 unspecified atom stereocenters. The van der Waals surface area contributed by atoms with Crippen LogP contribution in [0.2, 0.25) is 0 Å². The fraction of sp³-hybridized carbons (Fsp3) is 0.167. The van der Waals surface area contributed by atoms with Gasteiger partial charge in [0.2, 0.25) is 0 Å². The Balaban J connectivity index is 1.60. The normalized spacial score (nSPS) is 11.3. The molecule has 3 rings (SSSR count). The van der Waals surface area contributed by atoms with Crippen LogP contribution in [-0.4, -0.2) is 25.5 Å². The van der Waals surface area contributed by atoms with Crippen molar-refractivity contribution in [2.24, 2.45) is 0 Å². The molecule has 7 heteroatoms. The molecular formula is C24H23FN2O4. The first-order valence-corrected chi connectivity index (χ1v) is 9.68. The molecule has 2 N–H and O–H groups in total. The number of amides is 2. The van der Waals surface area contributed by atoms with Crippen molar-refractivity contribution in [3.63, 3.8) is 0 Å². The number of nitrogens with one attached hydrogen (secondary N) is 2. The first-order valence-electron chi connectivity index (χ1n) is 9.68. The Morgan fingerprint density at radius 3 is 2.35 bits per heavy atom. The van der Waals surface area contributed by atoms with Crippen molar-refractivity contribution >= 4 is 17.5 Å². The third-order valence-corrected chi connectivity index (χ3v) is 4.56. The molecule has 0 saturated carbocycles. The predicted octanol–water partition coefficient (Wildman–Crippen LogP) is 4.34. The minimum atomic E-state index is -0.410. The van der Waals surface area contributed by atoms with Gasteiger partial charge in [-0.05, 0) is 55.0 Å². The number of halogens is 1. The van der Waals surface area contributed by atoms with Crippen LogP contribution in [0.5, 0.6) is 11.5 Å². The third kappa shape index (κ3) is 6.05. The van der Waals surface area contributed by atoms with Gasteiger partial charge in [0, 0.05) is 11.3 Å². The zero-order chi connectivity index (χ0) is 22.2. The van der Waals surface area contributed by atoms with Gasteiger partial charge in [-0.15, -0.1) is 0 Å². The van der Waals surface area contributed by atoms with E-state index in [4.69, 9.17) is 9.47 Å². The van der Waals surface area contributed by atoms with Crippen LogP contribution in [0.1, 0.15) is 28.9 Å². The Labute approximate surface area is 180 Å². The average molecular weight is 422 g/mol. The first kappa shape index (κ1) is 21.8. The van der Waals surface area contributed by atoms with E-state index in [-0.39, 0.29) is 24.4 Å². The number of anilines is 1. The Morgan fingerprint density at radius 2 is 1.68 bits per heavy atom. The highest BCUT2D eigenvalue weighted by molar-refractivity contribution is 5.95. The summed E-state index contributed by atoms with van der Waals surface area (Å²) in [6.45, 7) is 1.63. The molecule has 3 aromatic carbocycles. The van der Waals surface area contributed by atoms with E-state index >= 15 is 0 Å². The highest BCUT2D eigenvalue weighted by Crippen LogP contribution is 2.28. The summed E-state index contributed by atoms with van der Waals surface area (Å²) in [7, 11) is 1.45. The molecule has 0 aliphatic heterocycles. The number of ether oxygens (including phenoxy) is 2. The summed E-state index contributed by atoms with van der Waals surface area (Å²) >= 11 is 0. The molecule has 160 valence electrons. The maximum Gasteiger partial charge on any atom is 0.262 e. The van der Waals surface area contributed by atoms with Crippen molar-refractivity contribution in [2.75, 3.05) is 19.0 Å². The monoisotopic (exact) mass is 422 g/mol. The topological polar surface area (TPSA) is 76.7 Å². The van der Waals surface area contributed by atoms with E-state index in [1.54, 1.807) is 18.2 Å². The molecule has 2 amide bonds. The van der Waals surface area contributed by atoms with E-state index in [1.165, 1.54) is 31.4 Å². The maximum atomic E-state index is 12.9. The van der Waals surface area contributed by atoms with Crippen molar-refractivity contribution in [2.45, 2.75) is 13.0 Å². The predicted molar refractivity (Wildman–Crippen MR) is 116 cm³/mol. The third-order valence-electron chi connectivity index (χ3n) is 4.56. The molecule has 0 aromatic heterocycles. The summed E-state index contributed by atoms with van der Waals surface area (Å²) < 4.78 is 23.8. The number of carbonyl (C=O) groups excluding carboxylic acids is 2. The van der Waals surface area contributed by atoms with Crippen LogP contribution in [0.3, 0.4) is 0 Å². The number of hydrogen-bond acceptors (Lipinski definition) is 4. The van der Waals surface area contributed by atoms with Crippen LogP contribution in [-0.2, 0) is 4.79 Å². The van der Waals surface area contributed by atoms with Gasteiger partial charge >= 0.3 is 0 Å². The van der Waals surface area contributed by atoms with Crippen LogP contribution in [0, 0.1) is 5.82 Å².